The zero-order valence-electron chi connectivity index (χ0n) is 11.2. The lowest BCUT2D eigenvalue weighted by atomic mass is 9.80. The Morgan fingerprint density at radius 1 is 0.938 bits per heavy atom. The number of hydrogen-bond donors (Lipinski definition) is 1. The Kier molecular flexibility index (Phi) is 4.69. The second kappa shape index (κ2) is 6.05. The highest BCUT2D eigenvalue weighted by Gasteiger charge is 2.26. The number of rotatable bonds is 5. The fraction of sp³-hybridized carbons (Fsp3) is 1.00. The van der Waals surface area contributed by atoms with Crippen LogP contribution in [0.4, 0.5) is 0 Å². The molecular formula is C15H29N. The van der Waals surface area contributed by atoms with Crippen molar-refractivity contribution in [2.45, 2.75) is 71.3 Å². The Labute approximate surface area is 101 Å². The molecule has 0 bridgehead atoms. The summed E-state index contributed by atoms with van der Waals surface area (Å²) in [5.74, 6) is 2.80. The fourth-order valence-corrected chi connectivity index (χ4v) is 3.13. The fourth-order valence-electron chi connectivity index (χ4n) is 3.13. The van der Waals surface area contributed by atoms with Gasteiger partial charge in [-0.05, 0) is 37.1 Å². The van der Waals surface area contributed by atoms with Crippen molar-refractivity contribution in [3.63, 3.8) is 0 Å². The SMILES string of the molecule is CC(CNC1CC1)C(C)C1CCCCCC1. The van der Waals surface area contributed by atoms with Crippen LogP contribution in [0.15, 0.2) is 0 Å². The highest BCUT2D eigenvalue weighted by Crippen LogP contribution is 2.33. The van der Waals surface area contributed by atoms with Crippen LogP contribution in [-0.4, -0.2) is 12.6 Å². The predicted octanol–water partition coefficient (Wildman–Crippen LogP) is 3.98. The Morgan fingerprint density at radius 3 is 2.12 bits per heavy atom. The van der Waals surface area contributed by atoms with Crippen molar-refractivity contribution in [2.24, 2.45) is 17.8 Å². The first kappa shape index (κ1) is 12.4. The maximum atomic E-state index is 3.69. The Hall–Kier alpha value is -0.0400. The highest BCUT2D eigenvalue weighted by molar-refractivity contribution is 4.83. The van der Waals surface area contributed by atoms with E-state index in [1.54, 1.807) is 0 Å². The van der Waals surface area contributed by atoms with Crippen molar-refractivity contribution in [3.05, 3.63) is 0 Å². The van der Waals surface area contributed by atoms with Gasteiger partial charge in [-0.3, -0.25) is 0 Å². The van der Waals surface area contributed by atoms with Gasteiger partial charge in [0.05, 0.1) is 0 Å². The van der Waals surface area contributed by atoms with Crippen LogP contribution in [0.3, 0.4) is 0 Å². The van der Waals surface area contributed by atoms with Gasteiger partial charge >= 0.3 is 0 Å². The predicted molar refractivity (Wildman–Crippen MR) is 70.5 cm³/mol. The van der Waals surface area contributed by atoms with E-state index in [0.29, 0.717) is 0 Å². The molecule has 1 heteroatoms. The van der Waals surface area contributed by atoms with Gasteiger partial charge in [-0.1, -0.05) is 52.4 Å². The quantitative estimate of drug-likeness (QED) is 0.695. The van der Waals surface area contributed by atoms with E-state index in [4.69, 9.17) is 0 Å². The van der Waals surface area contributed by atoms with Crippen LogP contribution >= 0.6 is 0 Å². The van der Waals surface area contributed by atoms with E-state index in [0.717, 1.165) is 23.8 Å². The molecule has 94 valence electrons. The van der Waals surface area contributed by atoms with E-state index in [1.165, 1.54) is 57.9 Å². The molecule has 2 atom stereocenters. The van der Waals surface area contributed by atoms with E-state index in [1.807, 2.05) is 0 Å². The third-order valence-corrected chi connectivity index (χ3v) is 4.85. The summed E-state index contributed by atoms with van der Waals surface area (Å²) in [4.78, 5) is 0. The number of hydrogen-bond acceptors (Lipinski definition) is 1. The van der Waals surface area contributed by atoms with Gasteiger partial charge in [-0.15, -0.1) is 0 Å². The minimum atomic E-state index is 0.865. The van der Waals surface area contributed by atoms with Crippen molar-refractivity contribution in [3.8, 4) is 0 Å². The van der Waals surface area contributed by atoms with E-state index in [-0.39, 0.29) is 0 Å². The molecule has 2 rings (SSSR count). The monoisotopic (exact) mass is 223 g/mol. The van der Waals surface area contributed by atoms with E-state index < -0.39 is 0 Å². The zero-order valence-corrected chi connectivity index (χ0v) is 11.2. The van der Waals surface area contributed by atoms with Gasteiger partial charge in [0, 0.05) is 6.04 Å². The van der Waals surface area contributed by atoms with Crippen LogP contribution in [-0.2, 0) is 0 Å². The van der Waals surface area contributed by atoms with Gasteiger partial charge in [0.2, 0.25) is 0 Å². The molecule has 2 fully saturated rings. The second-order valence-electron chi connectivity index (χ2n) is 6.27. The molecular weight excluding hydrogens is 194 g/mol. The lowest BCUT2D eigenvalue weighted by molar-refractivity contribution is 0.232. The van der Waals surface area contributed by atoms with Crippen molar-refractivity contribution >= 4 is 0 Å². The Bertz CT molecular complexity index is 190. The summed E-state index contributed by atoms with van der Waals surface area (Å²) in [5, 5.41) is 3.69. The van der Waals surface area contributed by atoms with E-state index in [2.05, 4.69) is 19.2 Å². The van der Waals surface area contributed by atoms with Gasteiger partial charge in [0.1, 0.15) is 0 Å². The average molecular weight is 223 g/mol. The van der Waals surface area contributed by atoms with Crippen LogP contribution in [0.1, 0.15) is 65.2 Å². The minimum Gasteiger partial charge on any atom is -0.314 e. The first-order valence-electron chi connectivity index (χ1n) is 7.50. The molecule has 0 aromatic rings. The van der Waals surface area contributed by atoms with Gasteiger partial charge in [-0.25, -0.2) is 0 Å². The maximum Gasteiger partial charge on any atom is 0.00683 e. The smallest absolute Gasteiger partial charge is 0.00683 e. The van der Waals surface area contributed by atoms with Crippen molar-refractivity contribution < 1.29 is 0 Å². The average Bonchev–Trinajstić information content (AvgIpc) is 3.11. The summed E-state index contributed by atoms with van der Waals surface area (Å²) in [5.41, 5.74) is 0. The molecule has 0 radical (unpaired) electrons. The Balaban J connectivity index is 1.71. The zero-order chi connectivity index (χ0) is 11.4. The highest BCUT2D eigenvalue weighted by atomic mass is 14.9. The molecule has 2 aliphatic carbocycles. The minimum absolute atomic E-state index is 0.865. The van der Waals surface area contributed by atoms with Crippen LogP contribution in [0.5, 0.6) is 0 Å². The third-order valence-electron chi connectivity index (χ3n) is 4.85. The topological polar surface area (TPSA) is 12.0 Å². The first-order chi connectivity index (χ1) is 7.77. The van der Waals surface area contributed by atoms with Crippen LogP contribution in [0, 0.1) is 17.8 Å². The molecule has 16 heavy (non-hydrogen) atoms. The van der Waals surface area contributed by atoms with Gasteiger partial charge in [0.25, 0.3) is 0 Å². The summed E-state index contributed by atoms with van der Waals surface area (Å²) >= 11 is 0. The van der Waals surface area contributed by atoms with E-state index in [9.17, 15) is 0 Å². The summed E-state index contributed by atoms with van der Waals surface area (Å²) in [6, 6.07) is 0.879. The molecule has 0 aromatic heterocycles. The normalized spacial score (nSPS) is 27.4. The molecule has 0 aliphatic heterocycles. The summed E-state index contributed by atoms with van der Waals surface area (Å²) in [7, 11) is 0. The van der Waals surface area contributed by atoms with Crippen LogP contribution in [0.2, 0.25) is 0 Å². The molecule has 0 amide bonds. The summed E-state index contributed by atoms with van der Waals surface area (Å²) < 4.78 is 0. The van der Waals surface area contributed by atoms with Crippen LogP contribution in [0.25, 0.3) is 0 Å². The maximum absolute atomic E-state index is 3.69. The van der Waals surface area contributed by atoms with Crippen molar-refractivity contribution in [2.75, 3.05) is 6.54 Å². The van der Waals surface area contributed by atoms with Crippen molar-refractivity contribution in [1.29, 1.82) is 0 Å². The first-order valence-corrected chi connectivity index (χ1v) is 7.50. The van der Waals surface area contributed by atoms with Crippen molar-refractivity contribution in [1.82, 2.24) is 5.32 Å². The molecule has 2 aliphatic rings. The molecule has 0 heterocycles. The van der Waals surface area contributed by atoms with Gasteiger partial charge < -0.3 is 5.32 Å². The molecule has 0 spiro atoms. The van der Waals surface area contributed by atoms with E-state index >= 15 is 0 Å². The van der Waals surface area contributed by atoms with Crippen LogP contribution < -0.4 is 5.32 Å². The summed E-state index contributed by atoms with van der Waals surface area (Å²) in [6.45, 7) is 6.20. The molecule has 2 unspecified atom stereocenters. The molecule has 2 saturated carbocycles. The molecule has 1 N–H and O–H groups in total. The second-order valence-corrected chi connectivity index (χ2v) is 6.27. The molecule has 0 saturated heterocycles. The Morgan fingerprint density at radius 2 is 1.56 bits per heavy atom. The summed E-state index contributed by atoms with van der Waals surface area (Å²) in [6.07, 6.45) is 11.8. The van der Waals surface area contributed by atoms with Gasteiger partial charge in [0.15, 0.2) is 0 Å². The molecule has 0 aromatic carbocycles. The number of nitrogens with one attached hydrogen (secondary N) is 1. The molecule has 1 nitrogen and oxygen atoms in total. The van der Waals surface area contributed by atoms with Gasteiger partial charge in [-0.2, -0.15) is 0 Å². The third kappa shape index (κ3) is 3.76. The largest absolute Gasteiger partial charge is 0.314 e. The lowest BCUT2D eigenvalue weighted by Crippen LogP contribution is -2.30. The lowest BCUT2D eigenvalue weighted by Gasteiger charge is -2.28. The standard InChI is InChI=1S/C15H29N/c1-12(11-16-15-9-10-15)13(2)14-7-5-3-4-6-8-14/h12-16H,3-11H2,1-2H3.